The number of halogens is 1. The van der Waals surface area contributed by atoms with Gasteiger partial charge in [-0.3, -0.25) is 14.4 Å². The zero-order valence-electron chi connectivity index (χ0n) is 17.5. The lowest BCUT2D eigenvalue weighted by Gasteiger charge is -2.32. The van der Waals surface area contributed by atoms with Gasteiger partial charge in [0.05, 0.1) is 0 Å². The number of carbonyl (C=O) groups is 4. The lowest BCUT2D eigenvalue weighted by Crippen LogP contribution is -2.51. The van der Waals surface area contributed by atoms with Crippen molar-refractivity contribution in [2.75, 3.05) is 6.54 Å². The second-order valence-electron chi connectivity index (χ2n) is 8.24. The molecule has 0 bridgehead atoms. The van der Waals surface area contributed by atoms with E-state index in [9.17, 15) is 23.1 Å². The van der Waals surface area contributed by atoms with Crippen LogP contribution in [0.4, 0.5) is 8.68 Å². The maximum absolute atomic E-state index is 13.0. The number of nitrogens with zero attached hydrogens (tertiary/aromatic N) is 2. The first-order valence-corrected chi connectivity index (χ1v) is 10.5. The summed E-state index contributed by atoms with van der Waals surface area (Å²) >= 11 is -0.428. The highest BCUT2D eigenvalue weighted by atomic mass is 32.2. The Labute approximate surface area is 184 Å². The van der Waals surface area contributed by atoms with Crippen molar-refractivity contribution in [3.63, 3.8) is 0 Å². The molecule has 1 atom stereocenters. The number of piperidine rings is 1. The Balaban J connectivity index is 1.70. The zero-order valence-corrected chi connectivity index (χ0v) is 18.3. The van der Waals surface area contributed by atoms with Crippen molar-refractivity contribution in [3.8, 4) is 0 Å². The van der Waals surface area contributed by atoms with Gasteiger partial charge < -0.3 is 15.0 Å². The Morgan fingerprint density at radius 1 is 1.32 bits per heavy atom. The molecule has 10 heteroatoms. The van der Waals surface area contributed by atoms with Gasteiger partial charge in [-0.15, -0.1) is 3.89 Å². The van der Waals surface area contributed by atoms with Gasteiger partial charge in [-0.25, -0.2) is 4.79 Å². The fourth-order valence-corrected chi connectivity index (χ4v) is 3.89. The van der Waals surface area contributed by atoms with Gasteiger partial charge in [-0.2, -0.15) is 4.31 Å². The summed E-state index contributed by atoms with van der Waals surface area (Å²) in [7, 11) is 0. The standard InChI is InChI=1S/C21H24FN3O5S/c1-21(2,3)30-20(29)23-11-5-7-13-6-4-8-14-15(13)12-24(18(14)27)16-9-10-17(26)25(31-22)19(16)28/h4-8,16H,9-12H2,1-3H3,(H,23,29)/b7-5+. The summed E-state index contributed by atoms with van der Waals surface area (Å²) in [5.74, 6) is -1.64. The van der Waals surface area contributed by atoms with Crippen molar-refractivity contribution in [2.45, 2.75) is 51.8 Å². The summed E-state index contributed by atoms with van der Waals surface area (Å²) in [5.41, 5.74) is 1.39. The summed E-state index contributed by atoms with van der Waals surface area (Å²) < 4.78 is 18.7. The number of fused-ring (bicyclic) bond motifs is 1. The minimum absolute atomic E-state index is 0.00343. The fourth-order valence-electron chi connectivity index (χ4n) is 3.53. The van der Waals surface area contributed by atoms with Crippen LogP contribution >= 0.6 is 12.3 Å². The summed E-state index contributed by atoms with van der Waals surface area (Å²) in [6.07, 6.45) is 3.15. The van der Waals surface area contributed by atoms with Crippen LogP contribution in [-0.2, 0) is 20.9 Å². The minimum atomic E-state index is -0.883. The second kappa shape index (κ2) is 9.09. The van der Waals surface area contributed by atoms with Crippen LogP contribution < -0.4 is 5.32 Å². The molecule has 1 aromatic rings. The zero-order chi connectivity index (χ0) is 22.8. The van der Waals surface area contributed by atoms with Crippen molar-refractivity contribution in [3.05, 3.63) is 41.0 Å². The second-order valence-corrected chi connectivity index (χ2v) is 8.74. The number of nitrogens with one attached hydrogen (secondary N) is 1. The average Bonchev–Trinajstić information content (AvgIpc) is 3.02. The van der Waals surface area contributed by atoms with Crippen LogP contribution in [0.15, 0.2) is 24.3 Å². The van der Waals surface area contributed by atoms with E-state index in [-0.39, 0.29) is 31.8 Å². The smallest absolute Gasteiger partial charge is 0.407 e. The molecule has 1 N–H and O–H groups in total. The summed E-state index contributed by atoms with van der Waals surface area (Å²) in [6, 6.07) is 4.35. The van der Waals surface area contributed by atoms with Gasteiger partial charge in [0, 0.05) is 25.1 Å². The van der Waals surface area contributed by atoms with Crippen molar-refractivity contribution < 1.29 is 27.8 Å². The van der Waals surface area contributed by atoms with E-state index in [1.165, 1.54) is 4.90 Å². The number of benzene rings is 1. The topological polar surface area (TPSA) is 96.0 Å². The van der Waals surface area contributed by atoms with E-state index in [1.807, 2.05) is 6.07 Å². The Kier molecular flexibility index (Phi) is 6.68. The van der Waals surface area contributed by atoms with Gasteiger partial charge in [-0.05, 0) is 44.4 Å². The molecule has 2 heterocycles. The molecule has 2 aliphatic rings. The molecule has 4 amide bonds. The maximum atomic E-state index is 13.0. The molecule has 1 saturated heterocycles. The molecule has 3 rings (SSSR count). The summed E-state index contributed by atoms with van der Waals surface area (Å²) in [6.45, 7) is 5.75. The molecule has 1 fully saturated rings. The molecule has 0 saturated carbocycles. The van der Waals surface area contributed by atoms with Crippen molar-refractivity contribution >= 4 is 42.2 Å². The van der Waals surface area contributed by atoms with Crippen LogP contribution in [0.5, 0.6) is 0 Å². The Morgan fingerprint density at radius 2 is 2.06 bits per heavy atom. The molecule has 8 nitrogen and oxygen atoms in total. The Morgan fingerprint density at radius 3 is 2.74 bits per heavy atom. The van der Waals surface area contributed by atoms with Gasteiger partial charge in [0.15, 0.2) is 12.3 Å². The molecular weight excluding hydrogens is 425 g/mol. The summed E-state index contributed by atoms with van der Waals surface area (Å²) in [4.78, 5) is 50.2. The molecule has 1 unspecified atom stereocenters. The Hall–Kier alpha value is -2.88. The van der Waals surface area contributed by atoms with Crippen LogP contribution in [0, 0.1) is 0 Å². The molecule has 0 radical (unpaired) electrons. The van der Waals surface area contributed by atoms with E-state index in [0.717, 1.165) is 11.1 Å². The van der Waals surface area contributed by atoms with Crippen LogP contribution in [-0.4, -0.2) is 51.2 Å². The molecule has 1 aromatic carbocycles. The fraction of sp³-hybridized carbons (Fsp3) is 0.429. The van der Waals surface area contributed by atoms with Crippen LogP contribution in [0.1, 0.15) is 55.1 Å². The van der Waals surface area contributed by atoms with E-state index in [2.05, 4.69) is 5.32 Å². The van der Waals surface area contributed by atoms with E-state index < -0.39 is 41.9 Å². The molecule has 166 valence electrons. The monoisotopic (exact) mass is 449 g/mol. The minimum Gasteiger partial charge on any atom is -0.444 e. The lowest BCUT2D eigenvalue weighted by atomic mass is 10.0. The third-order valence-electron chi connectivity index (χ3n) is 4.88. The average molecular weight is 450 g/mol. The number of alkyl carbamates (subject to hydrolysis) is 1. The third-order valence-corrected chi connectivity index (χ3v) is 5.40. The largest absolute Gasteiger partial charge is 0.444 e. The first-order chi connectivity index (χ1) is 14.6. The molecule has 0 spiro atoms. The number of ether oxygens (including phenoxy) is 1. The lowest BCUT2D eigenvalue weighted by molar-refractivity contribution is -0.145. The van der Waals surface area contributed by atoms with E-state index in [0.29, 0.717) is 9.87 Å². The number of rotatable bonds is 5. The number of carbonyl (C=O) groups excluding carboxylic acids is 4. The number of hydrogen-bond donors (Lipinski definition) is 1. The van der Waals surface area contributed by atoms with Crippen molar-refractivity contribution in [1.29, 1.82) is 0 Å². The highest BCUT2D eigenvalue weighted by molar-refractivity contribution is 7.93. The van der Waals surface area contributed by atoms with Crippen LogP contribution in [0.3, 0.4) is 0 Å². The maximum Gasteiger partial charge on any atom is 0.407 e. The number of hydrogen-bond acceptors (Lipinski definition) is 6. The molecule has 0 aliphatic carbocycles. The molecule has 2 aliphatic heterocycles. The first-order valence-electron chi connectivity index (χ1n) is 9.84. The first kappa shape index (κ1) is 22.8. The van der Waals surface area contributed by atoms with E-state index in [4.69, 9.17) is 4.74 Å². The third kappa shape index (κ3) is 5.07. The van der Waals surface area contributed by atoms with Gasteiger partial charge in [0.1, 0.15) is 11.6 Å². The van der Waals surface area contributed by atoms with Crippen molar-refractivity contribution in [1.82, 2.24) is 14.5 Å². The Bertz CT molecular complexity index is 943. The van der Waals surface area contributed by atoms with Crippen molar-refractivity contribution in [2.24, 2.45) is 0 Å². The highest BCUT2D eigenvalue weighted by Gasteiger charge is 2.43. The SMILES string of the molecule is CC(C)(C)OC(=O)NC/C=C/c1cccc2c1CN(C1CCC(=O)N(SF)C1=O)C2=O. The normalized spacial score (nSPS) is 19.2. The highest BCUT2D eigenvalue weighted by Crippen LogP contribution is 2.33. The molecule has 31 heavy (non-hydrogen) atoms. The van der Waals surface area contributed by atoms with Crippen LogP contribution in [0.25, 0.3) is 6.08 Å². The predicted octanol–water partition coefficient (Wildman–Crippen LogP) is 3.23. The van der Waals surface area contributed by atoms with Gasteiger partial charge in [-0.1, -0.05) is 24.3 Å². The van der Waals surface area contributed by atoms with Gasteiger partial charge in [0.25, 0.3) is 11.8 Å². The van der Waals surface area contributed by atoms with E-state index >= 15 is 0 Å². The van der Waals surface area contributed by atoms with Gasteiger partial charge >= 0.3 is 6.09 Å². The van der Waals surface area contributed by atoms with Crippen LogP contribution in [0.2, 0.25) is 0 Å². The van der Waals surface area contributed by atoms with Gasteiger partial charge in [0.2, 0.25) is 5.91 Å². The number of amides is 4. The molecule has 0 aromatic heterocycles. The number of imide groups is 1. The van der Waals surface area contributed by atoms with E-state index in [1.54, 1.807) is 45.1 Å². The predicted molar refractivity (Wildman–Crippen MR) is 113 cm³/mol. The summed E-state index contributed by atoms with van der Waals surface area (Å²) in [5, 5.41) is 2.62. The quantitative estimate of drug-likeness (QED) is 0.548. The molecular formula is C21H24FN3O5S.